The molecule has 0 spiro atoms. The first-order chi connectivity index (χ1) is 10.1. The summed E-state index contributed by atoms with van der Waals surface area (Å²) in [6.45, 7) is 5.12. The van der Waals surface area contributed by atoms with Crippen LogP contribution in [0.3, 0.4) is 0 Å². The molecule has 0 saturated carbocycles. The van der Waals surface area contributed by atoms with E-state index >= 15 is 0 Å². The molecule has 0 unspecified atom stereocenters. The quantitative estimate of drug-likeness (QED) is 0.910. The Hall–Kier alpha value is -2.30. The van der Waals surface area contributed by atoms with Gasteiger partial charge in [0.15, 0.2) is 0 Å². The first kappa shape index (κ1) is 13.7. The summed E-state index contributed by atoms with van der Waals surface area (Å²) in [5.74, 6) is -0.0584. The summed E-state index contributed by atoms with van der Waals surface area (Å²) in [4.78, 5) is 12.1. The van der Waals surface area contributed by atoms with E-state index in [0.29, 0.717) is 0 Å². The Balaban J connectivity index is 1.68. The molecule has 1 aromatic carbocycles. The molecule has 2 N–H and O–H groups in total. The molecule has 2 heterocycles. The fourth-order valence-electron chi connectivity index (χ4n) is 2.71. The second-order valence-corrected chi connectivity index (χ2v) is 5.54. The summed E-state index contributed by atoms with van der Waals surface area (Å²) in [6.07, 6.45) is 2.26. The lowest BCUT2D eigenvalue weighted by Crippen LogP contribution is -2.20. The van der Waals surface area contributed by atoms with Crippen molar-refractivity contribution in [2.75, 3.05) is 17.2 Å². The molecule has 5 heteroatoms. The van der Waals surface area contributed by atoms with Crippen molar-refractivity contribution in [2.45, 2.75) is 33.2 Å². The van der Waals surface area contributed by atoms with Crippen LogP contribution in [0.1, 0.15) is 23.4 Å². The Labute approximate surface area is 124 Å². The number of carbonyl (C=O) groups is 1. The van der Waals surface area contributed by atoms with Crippen LogP contribution in [0.15, 0.2) is 24.3 Å². The van der Waals surface area contributed by atoms with Gasteiger partial charge in [-0.2, -0.15) is 5.10 Å². The lowest BCUT2D eigenvalue weighted by Gasteiger charge is -2.19. The molecule has 5 nitrogen and oxygen atoms in total. The van der Waals surface area contributed by atoms with E-state index < -0.39 is 0 Å². The van der Waals surface area contributed by atoms with Gasteiger partial charge in [-0.15, -0.1) is 0 Å². The fourth-order valence-corrected chi connectivity index (χ4v) is 2.71. The van der Waals surface area contributed by atoms with E-state index in [1.54, 1.807) is 4.68 Å². The molecule has 1 aromatic heterocycles. The first-order valence-electron chi connectivity index (χ1n) is 7.29. The Kier molecular flexibility index (Phi) is 3.64. The number of hydrogen-bond acceptors (Lipinski definition) is 3. The van der Waals surface area contributed by atoms with E-state index in [0.717, 1.165) is 42.1 Å². The third-order valence-corrected chi connectivity index (χ3v) is 3.73. The van der Waals surface area contributed by atoms with Gasteiger partial charge in [-0.05, 0) is 50.5 Å². The lowest BCUT2D eigenvalue weighted by atomic mass is 10.0. The average molecular weight is 284 g/mol. The second-order valence-electron chi connectivity index (χ2n) is 5.54. The predicted molar refractivity (Wildman–Crippen MR) is 83.6 cm³/mol. The number of rotatable bonds is 3. The third kappa shape index (κ3) is 3.07. The number of nitrogens with one attached hydrogen (secondary N) is 2. The molecule has 0 bridgehead atoms. The molecule has 0 fully saturated rings. The number of benzene rings is 1. The maximum atomic E-state index is 12.1. The summed E-state index contributed by atoms with van der Waals surface area (Å²) < 4.78 is 1.72. The van der Waals surface area contributed by atoms with Gasteiger partial charge < -0.3 is 10.6 Å². The SMILES string of the molecule is Cc1cc(C)n(CC(=O)Nc2ccc3c(c2)NCCC3)n1. The Bertz CT molecular complexity index is 675. The predicted octanol–water partition coefficient (Wildman–Crippen LogP) is 2.50. The van der Waals surface area contributed by atoms with Gasteiger partial charge in [0.25, 0.3) is 0 Å². The number of carbonyl (C=O) groups excluding carboxylic acids is 1. The van der Waals surface area contributed by atoms with Crippen molar-refractivity contribution in [1.82, 2.24) is 9.78 Å². The van der Waals surface area contributed by atoms with Crippen LogP contribution in [0, 0.1) is 13.8 Å². The number of amides is 1. The summed E-state index contributed by atoms with van der Waals surface area (Å²) in [5, 5.41) is 10.6. The molecule has 2 aromatic rings. The highest BCUT2D eigenvalue weighted by Gasteiger charge is 2.11. The molecule has 0 aliphatic carbocycles. The van der Waals surface area contributed by atoms with E-state index in [2.05, 4.69) is 21.8 Å². The van der Waals surface area contributed by atoms with Crippen molar-refractivity contribution >= 4 is 17.3 Å². The topological polar surface area (TPSA) is 59.0 Å². The van der Waals surface area contributed by atoms with Crippen molar-refractivity contribution in [3.05, 3.63) is 41.2 Å². The molecule has 1 amide bonds. The second kappa shape index (κ2) is 5.60. The Morgan fingerprint density at radius 2 is 2.24 bits per heavy atom. The van der Waals surface area contributed by atoms with Crippen LogP contribution < -0.4 is 10.6 Å². The van der Waals surface area contributed by atoms with Crippen molar-refractivity contribution in [1.29, 1.82) is 0 Å². The van der Waals surface area contributed by atoms with Crippen LogP contribution in [-0.4, -0.2) is 22.2 Å². The molecule has 0 saturated heterocycles. The molecular weight excluding hydrogens is 264 g/mol. The van der Waals surface area contributed by atoms with Crippen LogP contribution in [0.25, 0.3) is 0 Å². The van der Waals surface area contributed by atoms with E-state index in [1.165, 1.54) is 5.56 Å². The van der Waals surface area contributed by atoms with Gasteiger partial charge in [-0.3, -0.25) is 9.48 Å². The molecular formula is C16H20N4O. The van der Waals surface area contributed by atoms with Gasteiger partial charge in [0, 0.05) is 23.6 Å². The van der Waals surface area contributed by atoms with Crippen molar-refractivity contribution in [3.8, 4) is 0 Å². The maximum absolute atomic E-state index is 12.1. The zero-order valence-electron chi connectivity index (χ0n) is 12.4. The minimum absolute atomic E-state index is 0.0584. The number of aromatic nitrogens is 2. The number of nitrogens with zero attached hydrogens (tertiary/aromatic N) is 2. The van der Waals surface area contributed by atoms with Gasteiger partial charge in [-0.25, -0.2) is 0 Å². The highest BCUT2D eigenvalue weighted by Crippen LogP contribution is 2.25. The van der Waals surface area contributed by atoms with Crippen LogP contribution >= 0.6 is 0 Å². The molecule has 110 valence electrons. The zero-order chi connectivity index (χ0) is 14.8. The smallest absolute Gasteiger partial charge is 0.246 e. The largest absolute Gasteiger partial charge is 0.385 e. The van der Waals surface area contributed by atoms with E-state index in [4.69, 9.17) is 0 Å². The highest BCUT2D eigenvalue weighted by molar-refractivity contribution is 5.91. The average Bonchev–Trinajstić information content (AvgIpc) is 2.76. The van der Waals surface area contributed by atoms with Crippen molar-refractivity contribution < 1.29 is 4.79 Å². The summed E-state index contributed by atoms with van der Waals surface area (Å²) in [6, 6.07) is 8.02. The standard InChI is InChI=1S/C16H20N4O/c1-11-8-12(2)20(19-11)10-16(21)18-14-6-5-13-4-3-7-17-15(13)9-14/h5-6,8-9,17H,3-4,7,10H2,1-2H3,(H,18,21). The Morgan fingerprint density at radius 3 is 3.00 bits per heavy atom. The minimum atomic E-state index is -0.0584. The Morgan fingerprint density at radius 1 is 1.38 bits per heavy atom. The van der Waals surface area contributed by atoms with Crippen LogP contribution in [-0.2, 0) is 17.8 Å². The van der Waals surface area contributed by atoms with Gasteiger partial charge in [-0.1, -0.05) is 6.07 Å². The number of fused-ring (bicyclic) bond motifs is 1. The van der Waals surface area contributed by atoms with Crippen LogP contribution in [0.2, 0.25) is 0 Å². The van der Waals surface area contributed by atoms with Gasteiger partial charge >= 0.3 is 0 Å². The molecule has 0 atom stereocenters. The molecule has 3 rings (SSSR count). The molecule has 1 aliphatic heterocycles. The highest BCUT2D eigenvalue weighted by atomic mass is 16.2. The van der Waals surface area contributed by atoms with E-state index in [9.17, 15) is 4.79 Å². The first-order valence-corrected chi connectivity index (χ1v) is 7.29. The number of aryl methyl sites for hydroxylation is 3. The van der Waals surface area contributed by atoms with E-state index in [1.807, 2.05) is 32.0 Å². The summed E-state index contributed by atoms with van der Waals surface area (Å²) in [5.41, 5.74) is 5.20. The number of hydrogen-bond donors (Lipinski definition) is 2. The van der Waals surface area contributed by atoms with Gasteiger partial charge in [0.1, 0.15) is 6.54 Å². The summed E-state index contributed by atoms with van der Waals surface area (Å²) in [7, 11) is 0. The third-order valence-electron chi connectivity index (χ3n) is 3.73. The normalized spacial score (nSPS) is 13.4. The monoisotopic (exact) mass is 284 g/mol. The molecule has 21 heavy (non-hydrogen) atoms. The van der Waals surface area contributed by atoms with Crippen LogP contribution in [0.5, 0.6) is 0 Å². The van der Waals surface area contributed by atoms with Gasteiger partial charge in [0.2, 0.25) is 5.91 Å². The minimum Gasteiger partial charge on any atom is -0.385 e. The van der Waals surface area contributed by atoms with Crippen molar-refractivity contribution in [2.24, 2.45) is 0 Å². The van der Waals surface area contributed by atoms with E-state index in [-0.39, 0.29) is 12.5 Å². The maximum Gasteiger partial charge on any atom is 0.246 e. The summed E-state index contributed by atoms with van der Waals surface area (Å²) >= 11 is 0. The number of anilines is 2. The molecule has 0 radical (unpaired) electrons. The van der Waals surface area contributed by atoms with Gasteiger partial charge in [0.05, 0.1) is 5.69 Å². The lowest BCUT2D eigenvalue weighted by molar-refractivity contribution is -0.116. The van der Waals surface area contributed by atoms with Crippen LogP contribution in [0.4, 0.5) is 11.4 Å². The molecule has 1 aliphatic rings. The van der Waals surface area contributed by atoms with Crippen molar-refractivity contribution in [3.63, 3.8) is 0 Å². The fraction of sp³-hybridized carbons (Fsp3) is 0.375. The zero-order valence-corrected chi connectivity index (χ0v) is 12.4.